The summed E-state index contributed by atoms with van der Waals surface area (Å²) in [4.78, 5) is 21.5. The predicted molar refractivity (Wildman–Crippen MR) is 72.1 cm³/mol. The molecule has 4 heteroatoms. The number of aromatic nitrogens is 2. The molecule has 0 unspecified atom stereocenters. The third kappa shape index (κ3) is 2.42. The Morgan fingerprint density at radius 3 is 2.89 bits per heavy atom. The van der Waals surface area contributed by atoms with Crippen molar-refractivity contribution in [3.63, 3.8) is 0 Å². The molecule has 0 radical (unpaired) electrons. The molecule has 0 atom stereocenters. The molecule has 4 nitrogen and oxygen atoms in total. The first-order valence-electron chi connectivity index (χ1n) is 6.90. The van der Waals surface area contributed by atoms with Gasteiger partial charge in [0.15, 0.2) is 0 Å². The topological polar surface area (TPSA) is 49.0 Å². The molecule has 1 aromatic rings. The summed E-state index contributed by atoms with van der Waals surface area (Å²) in [6.07, 6.45) is 4.76. The number of piperidine rings is 1. The van der Waals surface area contributed by atoms with Crippen molar-refractivity contribution in [3.05, 3.63) is 22.2 Å². The number of rotatable bonds is 2. The Morgan fingerprint density at radius 2 is 2.22 bits per heavy atom. The second-order valence-electron chi connectivity index (χ2n) is 6.45. The van der Waals surface area contributed by atoms with E-state index in [1.807, 2.05) is 0 Å². The monoisotopic (exact) mass is 247 g/mol. The summed E-state index contributed by atoms with van der Waals surface area (Å²) < 4.78 is 0. The fraction of sp³-hybridized carbons (Fsp3) is 0.714. The fourth-order valence-electron chi connectivity index (χ4n) is 2.79. The average molecular weight is 247 g/mol. The summed E-state index contributed by atoms with van der Waals surface area (Å²) in [6.45, 7) is 6.58. The fourth-order valence-corrected chi connectivity index (χ4v) is 2.79. The van der Waals surface area contributed by atoms with E-state index < -0.39 is 0 Å². The molecular formula is C14H21N3O. The van der Waals surface area contributed by atoms with Gasteiger partial charge in [0, 0.05) is 25.1 Å². The van der Waals surface area contributed by atoms with E-state index in [0.29, 0.717) is 11.3 Å². The highest BCUT2D eigenvalue weighted by Crippen LogP contribution is 2.38. The standard InChI is InChI=1S/C14H21N3O/c1-14(2)6-3-7-17(9-14)11-8-12(18)16-13(15-11)10-4-5-10/h8,10H,3-7,9H2,1-2H3,(H,15,16,18). The lowest BCUT2D eigenvalue weighted by Crippen LogP contribution is -2.41. The van der Waals surface area contributed by atoms with E-state index in [2.05, 4.69) is 28.7 Å². The average Bonchev–Trinajstić information content (AvgIpc) is 3.10. The minimum atomic E-state index is -0.00900. The van der Waals surface area contributed by atoms with E-state index in [9.17, 15) is 4.79 Å². The number of anilines is 1. The van der Waals surface area contributed by atoms with Crippen molar-refractivity contribution >= 4 is 5.82 Å². The molecule has 1 saturated carbocycles. The molecule has 0 amide bonds. The van der Waals surface area contributed by atoms with Crippen LogP contribution in [0.1, 0.15) is 51.3 Å². The maximum atomic E-state index is 11.7. The molecule has 2 aliphatic rings. The van der Waals surface area contributed by atoms with Crippen LogP contribution in [0.15, 0.2) is 10.9 Å². The Labute approximate surface area is 107 Å². The van der Waals surface area contributed by atoms with E-state index in [4.69, 9.17) is 0 Å². The van der Waals surface area contributed by atoms with Crippen molar-refractivity contribution in [2.75, 3.05) is 18.0 Å². The van der Waals surface area contributed by atoms with Gasteiger partial charge in [0.1, 0.15) is 11.6 Å². The van der Waals surface area contributed by atoms with Crippen molar-refractivity contribution in [1.29, 1.82) is 0 Å². The zero-order valence-electron chi connectivity index (χ0n) is 11.2. The first-order chi connectivity index (χ1) is 8.53. The Morgan fingerprint density at radius 1 is 1.44 bits per heavy atom. The number of hydrogen-bond donors (Lipinski definition) is 1. The van der Waals surface area contributed by atoms with Crippen LogP contribution in [-0.4, -0.2) is 23.1 Å². The SMILES string of the molecule is CC1(C)CCCN(c2cc(=O)[nH]c(C3CC3)n2)C1. The van der Waals surface area contributed by atoms with E-state index in [0.717, 1.165) is 37.6 Å². The Balaban J connectivity index is 1.89. The van der Waals surface area contributed by atoms with Crippen molar-refractivity contribution in [1.82, 2.24) is 9.97 Å². The van der Waals surface area contributed by atoms with Crippen LogP contribution in [0.5, 0.6) is 0 Å². The maximum absolute atomic E-state index is 11.7. The van der Waals surface area contributed by atoms with Gasteiger partial charge in [-0.05, 0) is 31.1 Å². The summed E-state index contributed by atoms with van der Waals surface area (Å²) in [7, 11) is 0. The van der Waals surface area contributed by atoms with Gasteiger partial charge in [-0.2, -0.15) is 0 Å². The highest BCUT2D eigenvalue weighted by molar-refractivity contribution is 5.39. The van der Waals surface area contributed by atoms with Gasteiger partial charge in [-0.1, -0.05) is 13.8 Å². The van der Waals surface area contributed by atoms with Crippen LogP contribution in [0.25, 0.3) is 0 Å². The number of nitrogens with zero attached hydrogens (tertiary/aromatic N) is 2. The quantitative estimate of drug-likeness (QED) is 0.872. The van der Waals surface area contributed by atoms with Crippen LogP contribution in [0.2, 0.25) is 0 Å². The lowest BCUT2D eigenvalue weighted by molar-refractivity contribution is 0.292. The molecule has 0 spiro atoms. The molecule has 1 aliphatic carbocycles. The van der Waals surface area contributed by atoms with Gasteiger partial charge in [0.25, 0.3) is 5.56 Å². The smallest absolute Gasteiger partial charge is 0.252 e. The lowest BCUT2D eigenvalue weighted by Gasteiger charge is -2.38. The largest absolute Gasteiger partial charge is 0.356 e. The first kappa shape index (κ1) is 11.8. The number of nitrogens with one attached hydrogen (secondary N) is 1. The van der Waals surface area contributed by atoms with Crippen LogP contribution in [0, 0.1) is 5.41 Å². The van der Waals surface area contributed by atoms with E-state index in [1.165, 1.54) is 12.8 Å². The molecule has 1 aliphatic heterocycles. The van der Waals surface area contributed by atoms with Crippen LogP contribution >= 0.6 is 0 Å². The van der Waals surface area contributed by atoms with Gasteiger partial charge in [-0.25, -0.2) is 4.98 Å². The third-order valence-electron chi connectivity index (χ3n) is 3.93. The normalized spacial score (nSPS) is 23.1. The van der Waals surface area contributed by atoms with Crippen molar-refractivity contribution in [2.45, 2.75) is 45.4 Å². The summed E-state index contributed by atoms with van der Waals surface area (Å²) in [6, 6.07) is 1.65. The molecular weight excluding hydrogens is 226 g/mol. The minimum absolute atomic E-state index is 0.00900. The first-order valence-corrected chi connectivity index (χ1v) is 6.90. The van der Waals surface area contributed by atoms with Crippen molar-refractivity contribution in [2.24, 2.45) is 5.41 Å². The van der Waals surface area contributed by atoms with E-state index in [1.54, 1.807) is 6.07 Å². The Hall–Kier alpha value is -1.32. The number of hydrogen-bond acceptors (Lipinski definition) is 3. The molecule has 3 rings (SSSR count). The Kier molecular flexibility index (Phi) is 2.68. The molecule has 98 valence electrons. The highest BCUT2D eigenvalue weighted by Gasteiger charge is 2.30. The molecule has 1 N–H and O–H groups in total. The van der Waals surface area contributed by atoms with Gasteiger partial charge >= 0.3 is 0 Å². The second kappa shape index (κ2) is 4.11. The van der Waals surface area contributed by atoms with Crippen molar-refractivity contribution < 1.29 is 0 Å². The van der Waals surface area contributed by atoms with Gasteiger partial charge in [0.2, 0.25) is 0 Å². The van der Waals surface area contributed by atoms with E-state index >= 15 is 0 Å². The summed E-state index contributed by atoms with van der Waals surface area (Å²) in [5.41, 5.74) is 0.313. The minimum Gasteiger partial charge on any atom is -0.356 e. The predicted octanol–water partition coefficient (Wildman–Crippen LogP) is 2.27. The summed E-state index contributed by atoms with van der Waals surface area (Å²) in [5, 5.41) is 0. The molecule has 0 aromatic carbocycles. The molecule has 0 bridgehead atoms. The van der Waals surface area contributed by atoms with Crippen LogP contribution in [0.4, 0.5) is 5.82 Å². The maximum Gasteiger partial charge on any atom is 0.252 e. The summed E-state index contributed by atoms with van der Waals surface area (Å²) in [5.74, 6) is 2.25. The molecule has 18 heavy (non-hydrogen) atoms. The van der Waals surface area contributed by atoms with Crippen molar-refractivity contribution in [3.8, 4) is 0 Å². The molecule has 1 aromatic heterocycles. The zero-order chi connectivity index (χ0) is 12.8. The van der Waals surface area contributed by atoms with Crippen LogP contribution < -0.4 is 10.5 Å². The van der Waals surface area contributed by atoms with Crippen LogP contribution in [0.3, 0.4) is 0 Å². The highest BCUT2D eigenvalue weighted by atomic mass is 16.1. The lowest BCUT2D eigenvalue weighted by atomic mass is 9.84. The van der Waals surface area contributed by atoms with Gasteiger partial charge in [0.05, 0.1) is 0 Å². The number of H-pyrrole nitrogens is 1. The number of aromatic amines is 1. The molecule has 2 fully saturated rings. The van der Waals surface area contributed by atoms with E-state index in [-0.39, 0.29) is 5.56 Å². The molecule has 2 heterocycles. The third-order valence-corrected chi connectivity index (χ3v) is 3.93. The van der Waals surface area contributed by atoms with Gasteiger partial charge in [-0.3, -0.25) is 4.79 Å². The second-order valence-corrected chi connectivity index (χ2v) is 6.45. The summed E-state index contributed by atoms with van der Waals surface area (Å²) >= 11 is 0. The van der Waals surface area contributed by atoms with Gasteiger partial charge in [-0.15, -0.1) is 0 Å². The zero-order valence-corrected chi connectivity index (χ0v) is 11.2. The van der Waals surface area contributed by atoms with Crippen LogP contribution in [-0.2, 0) is 0 Å². The molecule has 1 saturated heterocycles. The van der Waals surface area contributed by atoms with Gasteiger partial charge < -0.3 is 9.88 Å². The Bertz CT molecular complexity index is 502.